The fourth-order valence-corrected chi connectivity index (χ4v) is 2.64. The zero-order valence-electron chi connectivity index (χ0n) is 12.8. The molecule has 21 heavy (non-hydrogen) atoms. The highest BCUT2D eigenvalue weighted by Crippen LogP contribution is 2.28. The smallest absolute Gasteiger partial charge is 0.125 e. The van der Waals surface area contributed by atoms with Gasteiger partial charge < -0.3 is 14.6 Å². The molecule has 1 aromatic carbocycles. The van der Waals surface area contributed by atoms with Crippen LogP contribution in [-0.4, -0.2) is 22.7 Å². The second-order valence-corrected chi connectivity index (χ2v) is 5.89. The molecule has 0 saturated carbocycles. The summed E-state index contributed by atoms with van der Waals surface area (Å²) in [6.45, 7) is 8.62. The fourth-order valence-electron chi connectivity index (χ4n) is 2.30. The molecule has 1 unspecified atom stereocenters. The maximum atomic E-state index is 6.00. The largest absolute Gasteiger partial charge is 0.491 e. The van der Waals surface area contributed by atoms with Crippen LogP contribution in [0.25, 0.3) is 0 Å². The number of halogens is 1. The lowest BCUT2D eigenvalue weighted by atomic mass is 10.1. The topological polar surface area (TPSA) is 39.1 Å². The Morgan fingerprint density at radius 1 is 1.43 bits per heavy atom. The van der Waals surface area contributed by atoms with Crippen molar-refractivity contribution in [1.29, 1.82) is 0 Å². The van der Waals surface area contributed by atoms with Crippen LogP contribution in [0.4, 0.5) is 0 Å². The van der Waals surface area contributed by atoms with Gasteiger partial charge in [0, 0.05) is 28.5 Å². The van der Waals surface area contributed by atoms with Crippen LogP contribution in [0, 0.1) is 6.92 Å². The second-order valence-electron chi connectivity index (χ2n) is 4.98. The molecule has 5 heteroatoms. The first-order valence-electron chi connectivity index (χ1n) is 7.25. The summed E-state index contributed by atoms with van der Waals surface area (Å²) in [6, 6.07) is 6.46. The van der Waals surface area contributed by atoms with Crippen LogP contribution in [-0.2, 0) is 6.54 Å². The summed E-state index contributed by atoms with van der Waals surface area (Å²) in [5.74, 6) is 1.93. The zero-order valence-corrected chi connectivity index (χ0v) is 14.4. The molecule has 4 nitrogen and oxygen atoms in total. The molecule has 0 radical (unpaired) electrons. The van der Waals surface area contributed by atoms with E-state index >= 15 is 0 Å². The molecule has 1 N–H and O–H groups in total. The number of ether oxygens (including phenoxy) is 1. The lowest BCUT2D eigenvalue weighted by Gasteiger charge is -2.18. The Morgan fingerprint density at radius 2 is 2.24 bits per heavy atom. The van der Waals surface area contributed by atoms with Crippen LogP contribution >= 0.6 is 15.9 Å². The molecule has 1 atom stereocenters. The number of imidazole rings is 1. The average Bonchev–Trinajstić information content (AvgIpc) is 2.85. The number of aryl methyl sites for hydroxylation is 1. The maximum Gasteiger partial charge on any atom is 0.125 e. The van der Waals surface area contributed by atoms with E-state index in [9.17, 15) is 0 Å². The molecule has 114 valence electrons. The molecule has 0 amide bonds. The van der Waals surface area contributed by atoms with E-state index in [1.807, 2.05) is 25.4 Å². The first kappa shape index (κ1) is 16.0. The standard InChI is InChI=1S/C16H22BrN3O/c1-4-18-12(2)15-6-5-14(17)11-16(15)21-10-9-20-8-7-19-13(20)3/h5-8,11-12,18H,4,9-10H2,1-3H3. The van der Waals surface area contributed by atoms with Gasteiger partial charge in [0.25, 0.3) is 0 Å². The molecule has 0 aliphatic rings. The van der Waals surface area contributed by atoms with Crippen molar-refractivity contribution in [1.82, 2.24) is 14.9 Å². The lowest BCUT2D eigenvalue weighted by Crippen LogP contribution is -2.19. The van der Waals surface area contributed by atoms with Crippen LogP contribution in [0.1, 0.15) is 31.3 Å². The Kier molecular flexibility index (Phi) is 5.82. The van der Waals surface area contributed by atoms with E-state index < -0.39 is 0 Å². The van der Waals surface area contributed by atoms with E-state index in [-0.39, 0.29) is 6.04 Å². The molecular formula is C16H22BrN3O. The lowest BCUT2D eigenvalue weighted by molar-refractivity contribution is 0.291. The first-order chi connectivity index (χ1) is 10.1. The highest BCUT2D eigenvalue weighted by molar-refractivity contribution is 9.10. The van der Waals surface area contributed by atoms with Gasteiger partial charge in [0.15, 0.2) is 0 Å². The van der Waals surface area contributed by atoms with E-state index in [2.05, 4.69) is 56.8 Å². The molecule has 0 saturated heterocycles. The van der Waals surface area contributed by atoms with E-state index in [0.29, 0.717) is 6.61 Å². The Labute approximate surface area is 134 Å². The molecular weight excluding hydrogens is 330 g/mol. The third-order valence-corrected chi connectivity index (χ3v) is 3.96. The SMILES string of the molecule is CCNC(C)c1ccc(Br)cc1OCCn1ccnc1C. The van der Waals surface area contributed by atoms with Crippen molar-refractivity contribution in [3.8, 4) is 5.75 Å². The van der Waals surface area contributed by atoms with Gasteiger partial charge in [-0.05, 0) is 32.5 Å². The summed E-state index contributed by atoms with van der Waals surface area (Å²) in [5, 5.41) is 3.42. The zero-order chi connectivity index (χ0) is 15.2. The Bertz CT molecular complexity index is 583. The predicted octanol–water partition coefficient (Wildman–Crippen LogP) is 3.70. The third-order valence-electron chi connectivity index (χ3n) is 3.47. The third kappa shape index (κ3) is 4.32. The first-order valence-corrected chi connectivity index (χ1v) is 8.04. The molecule has 0 fully saturated rings. The number of aromatic nitrogens is 2. The minimum Gasteiger partial charge on any atom is -0.491 e. The van der Waals surface area contributed by atoms with Crippen LogP contribution in [0.3, 0.4) is 0 Å². The Morgan fingerprint density at radius 3 is 2.90 bits per heavy atom. The van der Waals surface area contributed by atoms with Crippen LogP contribution in [0.2, 0.25) is 0 Å². The summed E-state index contributed by atoms with van der Waals surface area (Å²) in [4.78, 5) is 4.22. The normalized spacial score (nSPS) is 12.4. The quantitative estimate of drug-likeness (QED) is 0.826. The molecule has 1 heterocycles. The number of hydrogen-bond acceptors (Lipinski definition) is 3. The number of hydrogen-bond donors (Lipinski definition) is 1. The molecule has 0 bridgehead atoms. The van der Waals surface area contributed by atoms with Crippen molar-refractivity contribution in [2.24, 2.45) is 0 Å². The monoisotopic (exact) mass is 351 g/mol. The fraction of sp³-hybridized carbons (Fsp3) is 0.438. The highest BCUT2D eigenvalue weighted by atomic mass is 79.9. The van der Waals surface area contributed by atoms with Crippen LogP contribution in [0.5, 0.6) is 5.75 Å². The van der Waals surface area contributed by atoms with Crippen molar-refractivity contribution in [2.45, 2.75) is 33.4 Å². The van der Waals surface area contributed by atoms with Gasteiger partial charge in [0.05, 0.1) is 6.54 Å². The summed E-state index contributed by atoms with van der Waals surface area (Å²) < 4.78 is 9.12. The minimum atomic E-state index is 0.271. The van der Waals surface area contributed by atoms with E-state index in [1.165, 1.54) is 5.56 Å². The van der Waals surface area contributed by atoms with Crippen molar-refractivity contribution < 1.29 is 4.74 Å². The van der Waals surface area contributed by atoms with E-state index in [1.54, 1.807) is 0 Å². The van der Waals surface area contributed by atoms with Crippen molar-refractivity contribution in [2.75, 3.05) is 13.2 Å². The van der Waals surface area contributed by atoms with E-state index in [4.69, 9.17) is 4.74 Å². The molecule has 0 aliphatic carbocycles. The predicted molar refractivity (Wildman–Crippen MR) is 88.7 cm³/mol. The number of nitrogens with one attached hydrogen (secondary N) is 1. The van der Waals surface area contributed by atoms with Gasteiger partial charge in [-0.15, -0.1) is 0 Å². The van der Waals surface area contributed by atoms with Crippen molar-refractivity contribution >= 4 is 15.9 Å². The molecule has 2 rings (SSSR count). The molecule has 0 aliphatic heterocycles. The summed E-state index contributed by atoms with van der Waals surface area (Å²) in [6.07, 6.45) is 3.79. The van der Waals surface area contributed by atoms with Gasteiger partial charge >= 0.3 is 0 Å². The number of nitrogens with zero attached hydrogens (tertiary/aromatic N) is 2. The van der Waals surface area contributed by atoms with Crippen molar-refractivity contribution in [3.05, 3.63) is 46.5 Å². The molecule has 2 aromatic rings. The Balaban J connectivity index is 2.04. The van der Waals surface area contributed by atoms with Gasteiger partial charge in [0.2, 0.25) is 0 Å². The van der Waals surface area contributed by atoms with E-state index in [0.717, 1.165) is 29.1 Å². The summed E-state index contributed by atoms with van der Waals surface area (Å²) >= 11 is 3.51. The minimum absolute atomic E-state index is 0.271. The highest BCUT2D eigenvalue weighted by Gasteiger charge is 2.11. The second kappa shape index (κ2) is 7.61. The average molecular weight is 352 g/mol. The summed E-state index contributed by atoms with van der Waals surface area (Å²) in [5.41, 5.74) is 1.18. The molecule has 0 spiro atoms. The van der Waals surface area contributed by atoms with Gasteiger partial charge in [-0.3, -0.25) is 0 Å². The van der Waals surface area contributed by atoms with Gasteiger partial charge in [0.1, 0.15) is 18.2 Å². The maximum absolute atomic E-state index is 6.00. The van der Waals surface area contributed by atoms with Crippen molar-refractivity contribution in [3.63, 3.8) is 0 Å². The number of benzene rings is 1. The van der Waals surface area contributed by atoms with Gasteiger partial charge in [-0.2, -0.15) is 0 Å². The van der Waals surface area contributed by atoms with Crippen LogP contribution < -0.4 is 10.1 Å². The van der Waals surface area contributed by atoms with Gasteiger partial charge in [-0.1, -0.05) is 28.9 Å². The van der Waals surface area contributed by atoms with Crippen LogP contribution in [0.15, 0.2) is 35.1 Å². The number of rotatable bonds is 7. The Hall–Kier alpha value is -1.33. The summed E-state index contributed by atoms with van der Waals surface area (Å²) in [7, 11) is 0. The molecule has 1 aromatic heterocycles. The van der Waals surface area contributed by atoms with Gasteiger partial charge in [-0.25, -0.2) is 4.98 Å².